The van der Waals surface area contributed by atoms with E-state index in [0.29, 0.717) is 24.3 Å². The molecule has 1 N–H and O–H groups in total. The molecule has 0 spiro atoms. The van der Waals surface area contributed by atoms with E-state index in [4.69, 9.17) is 4.74 Å². The fraction of sp³-hybridized carbons (Fsp3) is 0.650. The third kappa shape index (κ3) is 4.97. The van der Waals surface area contributed by atoms with Gasteiger partial charge in [0.15, 0.2) is 0 Å². The quantitative estimate of drug-likeness (QED) is 0.867. The SMILES string of the molecule is COc1ccc(C(NCC(=O)N2CC(C)CC(C)C2)C(C)C)cc1. The first-order valence-corrected chi connectivity index (χ1v) is 9.05. The number of benzene rings is 1. The number of likely N-dealkylation sites (tertiary alicyclic amines) is 1. The highest BCUT2D eigenvalue weighted by Crippen LogP contribution is 2.24. The van der Waals surface area contributed by atoms with Crippen LogP contribution in [-0.4, -0.2) is 37.6 Å². The predicted molar refractivity (Wildman–Crippen MR) is 98.1 cm³/mol. The molecule has 2 rings (SSSR count). The molecule has 0 bridgehead atoms. The van der Waals surface area contributed by atoms with Crippen LogP contribution in [0.1, 0.15) is 45.7 Å². The lowest BCUT2D eigenvalue weighted by Gasteiger charge is -2.35. The van der Waals surface area contributed by atoms with Crippen LogP contribution in [0.2, 0.25) is 0 Å². The van der Waals surface area contributed by atoms with Gasteiger partial charge in [-0.1, -0.05) is 39.8 Å². The van der Waals surface area contributed by atoms with Crippen LogP contribution in [0.4, 0.5) is 0 Å². The standard InChI is InChI=1S/C20H32N2O2/c1-14(2)20(17-6-8-18(24-5)9-7-17)21-11-19(23)22-12-15(3)10-16(4)13-22/h6-9,14-16,20-21H,10-13H2,1-5H3. The third-order valence-electron chi connectivity index (χ3n) is 4.84. The Kier molecular flexibility index (Phi) is 6.67. The van der Waals surface area contributed by atoms with E-state index < -0.39 is 0 Å². The summed E-state index contributed by atoms with van der Waals surface area (Å²) in [6.45, 7) is 11.0. The van der Waals surface area contributed by atoms with Crippen molar-refractivity contribution >= 4 is 5.91 Å². The van der Waals surface area contributed by atoms with Crippen LogP contribution in [0.25, 0.3) is 0 Å². The second-order valence-electron chi connectivity index (χ2n) is 7.62. The molecule has 0 saturated carbocycles. The van der Waals surface area contributed by atoms with Gasteiger partial charge >= 0.3 is 0 Å². The maximum Gasteiger partial charge on any atom is 0.236 e. The monoisotopic (exact) mass is 332 g/mol. The highest BCUT2D eigenvalue weighted by Gasteiger charge is 2.26. The van der Waals surface area contributed by atoms with Gasteiger partial charge in [0.05, 0.1) is 13.7 Å². The summed E-state index contributed by atoms with van der Waals surface area (Å²) in [7, 11) is 1.67. The molecule has 4 heteroatoms. The largest absolute Gasteiger partial charge is 0.497 e. The second-order valence-corrected chi connectivity index (χ2v) is 7.62. The number of hydrogen-bond donors (Lipinski definition) is 1. The van der Waals surface area contributed by atoms with Gasteiger partial charge in [-0.3, -0.25) is 4.79 Å². The van der Waals surface area contributed by atoms with E-state index in [9.17, 15) is 4.79 Å². The van der Waals surface area contributed by atoms with Crippen LogP contribution in [0.15, 0.2) is 24.3 Å². The molecule has 1 aliphatic heterocycles. The number of carbonyl (C=O) groups excluding carboxylic acids is 1. The highest BCUT2D eigenvalue weighted by atomic mass is 16.5. The van der Waals surface area contributed by atoms with E-state index in [2.05, 4.69) is 45.1 Å². The van der Waals surface area contributed by atoms with Crippen molar-refractivity contribution in [2.24, 2.45) is 17.8 Å². The highest BCUT2D eigenvalue weighted by molar-refractivity contribution is 5.78. The van der Waals surface area contributed by atoms with E-state index in [1.54, 1.807) is 7.11 Å². The first-order chi connectivity index (χ1) is 11.4. The Bertz CT molecular complexity index is 517. The van der Waals surface area contributed by atoms with E-state index in [-0.39, 0.29) is 11.9 Å². The lowest BCUT2D eigenvalue weighted by Crippen LogP contribution is -2.46. The van der Waals surface area contributed by atoms with Gasteiger partial charge in [0.25, 0.3) is 0 Å². The molecule has 1 heterocycles. The van der Waals surface area contributed by atoms with Crippen LogP contribution < -0.4 is 10.1 Å². The number of methoxy groups -OCH3 is 1. The lowest BCUT2D eigenvalue weighted by atomic mass is 9.92. The maximum absolute atomic E-state index is 12.6. The van der Waals surface area contributed by atoms with Gasteiger partial charge in [-0.05, 0) is 41.9 Å². The zero-order chi connectivity index (χ0) is 17.7. The molecule has 24 heavy (non-hydrogen) atoms. The predicted octanol–water partition coefficient (Wildman–Crippen LogP) is 3.49. The summed E-state index contributed by atoms with van der Waals surface area (Å²) in [4.78, 5) is 14.6. The molecule has 1 aromatic carbocycles. The number of nitrogens with zero attached hydrogens (tertiary/aromatic N) is 1. The van der Waals surface area contributed by atoms with E-state index in [1.165, 1.54) is 12.0 Å². The summed E-state index contributed by atoms with van der Waals surface area (Å²) >= 11 is 0. The minimum absolute atomic E-state index is 0.166. The van der Waals surface area contributed by atoms with Crippen molar-refractivity contribution in [1.82, 2.24) is 10.2 Å². The van der Waals surface area contributed by atoms with Crippen molar-refractivity contribution in [2.75, 3.05) is 26.7 Å². The van der Waals surface area contributed by atoms with Gasteiger partial charge < -0.3 is 15.0 Å². The van der Waals surface area contributed by atoms with Gasteiger partial charge in [-0.25, -0.2) is 0 Å². The summed E-state index contributed by atoms with van der Waals surface area (Å²) < 4.78 is 5.23. The number of rotatable bonds is 6. The summed E-state index contributed by atoms with van der Waals surface area (Å²) in [6.07, 6.45) is 1.22. The average Bonchev–Trinajstić information content (AvgIpc) is 2.54. The van der Waals surface area contributed by atoms with E-state index in [0.717, 1.165) is 18.8 Å². The molecule has 0 aliphatic carbocycles. The van der Waals surface area contributed by atoms with Gasteiger partial charge in [-0.2, -0.15) is 0 Å². The van der Waals surface area contributed by atoms with Gasteiger partial charge in [0.1, 0.15) is 5.75 Å². The molecule has 0 radical (unpaired) electrons. The Hall–Kier alpha value is -1.55. The molecule has 1 aliphatic rings. The number of carbonyl (C=O) groups is 1. The fourth-order valence-corrected chi connectivity index (χ4v) is 3.73. The summed E-state index contributed by atoms with van der Waals surface area (Å²) in [6, 6.07) is 8.27. The normalized spacial score (nSPS) is 22.5. The average molecular weight is 332 g/mol. The zero-order valence-electron chi connectivity index (χ0n) is 15.7. The van der Waals surface area contributed by atoms with Crippen molar-refractivity contribution in [3.05, 3.63) is 29.8 Å². The molecular formula is C20H32N2O2. The minimum Gasteiger partial charge on any atom is -0.497 e. The van der Waals surface area contributed by atoms with Crippen molar-refractivity contribution in [3.8, 4) is 5.75 Å². The molecule has 1 fully saturated rings. The molecule has 4 nitrogen and oxygen atoms in total. The molecule has 1 saturated heterocycles. The molecule has 1 aromatic rings. The van der Waals surface area contributed by atoms with Crippen LogP contribution >= 0.6 is 0 Å². The molecule has 1 amide bonds. The second kappa shape index (κ2) is 8.52. The van der Waals surface area contributed by atoms with Crippen LogP contribution in [0.5, 0.6) is 5.75 Å². The molecule has 134 valence electrons. The molecule has 3 atom stereocenters. The smallest absolute Gasteiger partial charge is 0.236 e. The lowest BCUT2D eigenvalue weighted by molar-refractivity contribution is -0.133. The van der Waals surface area contributed by atoms with Gasteiger partial charge in [0, 0.05) is 19.1 Å². The number of hydrogen-bond acceptors (Lipinski definition) is 3. The van der Waals surface area contributed by atoms with Crippen molar-refractivity contribution < 1.29 is 9.53 Å². The van der Waals surface area contributed by atoms with Crippen molar-refractivity contribution in [1.29, 1.82) is 0 Å². The van der Waals surface area contributed by atoms with Crippen molar-refractivity contribution in [2.45, 2.75) is 40.2 Å². The fourth-order valence-electron chi connectivity index (χ4n) is 3.73. The number of amides is 1. The Balaban J connectivity index is 1.96. The number of ether oxygens (including phenoxy) is 1. The first kappa shape index (κ1) is 18.8. The summed E-state index contributed by atoms with van der Waals surface area (Å²) in [5.41, 5.74) is 1.19. The number of nitrogens with one attached hydrogen (secondary N) is 1. The minimum atomic E-state index is 0.166. The Morgan fingerprint density at radius 2 is 1.79 bits per heavy atom. The van der Waals surface area contributed by atoms with E-state index >= 15 is 0 Å². The Morgan fingerprint density at radius 1 is 1.21 bits per heavy atom. The Labute approximate surface area is 146 Å². The number of piperidine rings is 1. The van der Waals surface area contributed by atoms with Crippen LogP contribution in [-0.2, 0) is 4.79 Å². The van der Waals surface area contributed by atoms with Crippen LogP contribution in [0.3, 0.4) is 0 Å². The van der Waals surface area contributed by atoms with Gasteiger partial charge in [0.2, 0.25) is 5.91 Å². The topological polar surface area (TPSA) is 41.6 Å². The van der Waals surface area contributed by atoms with Crippen molar-refractivity contribution in [3.63, 3.8) is 0 Å². The van der Waals surface area contributed by atoms with Gasteiger partial charge in [-0.15, -0.1) is 0 Å². The maximum atomic E-state index is 12.6. The molecular weight excluding hydrogens is 300 g/mol. The first-order valence-electron chi connectivity index (χ1n) is 9.05. The Morgan fingerprint density at radius 3 is 2.29 bits per heavy atom. The zero-order valence-corrected chi connectivity index (χ0v) is 15.7. The summed E-state index contributed by atoms with van der Waals surface area (Å²) in [5, 5.41) is 3.47. The van der Waals surface area contributed by atoms with E-state index in [1.807, 2.05) is 17.0 Å². The third-order valence-corrected chi connectivity index (χ3v) is 4.84. The van der Waals surface area contributed by atoms with Crippen LogP contribution in [0, 0.1) is 17.8 Å². The molecule has 0 aromatic heterocycles. The summed E-state index contributed by atoms with van der Waals surface area (Å²) in [5.74, 6) is 2.67. The molecule has 3 unspecified atom stereocenters.